The quantitative estimate of drug-likeness (QED) is 0.443. The lowest BCUT2D eigenvalue weighted by Crippen LogP contribution is -2.37. The normalized spacial score (nSPS) is 21.8. The predicted octanol–water partition coefficient (Wildman–Crippen LogP) is 5.26. The van der Waals surface area contributed by atoms with Crippen LogP contribution >= 0.6 is 27.5 Å². The zero-order chi connectivity index (χ0) is 24.0. The Balaban J connectivity index is 1.63. The van der Waals surface area contributed by atoms with Gasteiger partial charge in [0.15, 0.2) is 17.6 Å². The van der Waals surface area contributed by atoms with E-state index in [1.807, 2.05) is 37.3 Å². The number of para-hydroxylation sites is 1. The fourth-order valence-electron chi connectivity index (χ4n) is 4.45. The van der Waals surface area contributed by atoms with Gasteiger partial charge in [-0.3, -0.25) is 14.4 Å². The highest BCUT2D eigenvalue weighted by atomic mass is 79.9. The number of halogens is 2. The largest absolute Gasteiger partial charge is 0.503 e. The summed E-state index contributed by atoms with van der Waals surface area (Å²) >= 11 is 9.49. The molecule has 0 aromatic heterocycles. The summed E-state index contributed by atoms with van der Waals surface area (Å²) in [6, 6.07) is 18.6. The molecule has 5 rings (SSSR count). The first-order valence-corrected chi connectivity index (χ1v) is 11.9. The number of carbonyl (C=O) groups excluding carboxylic acids is 2. The fourth-order valence-corrected chi connectivity index (χ4v) is 5.10. The van der Waals surface area contributed by atoms with E-state index in [0.717, 1.165) is 4.90 Å². The predicted molar refractivity (Wildman–Crippen MR) is 131 cm³/mol. The van der Waals surface area contributed by atoms with Crippen LogP contribution in [0.3, 0.4) is 0 Å². The van der Waals surface area contributed by atoms with Gasteiger partial charge in [-0.05, 0) is 70.9 Å². The van der Waals surface area contributed by atoms with E-state index < -0.39 is 24.0 Å². The molecule has 174 valence electrons. The zero-order valence-electron chi connectivity index (χ0n) is 18.0. The molecule has 0 spiro atoms. The highest BCUT2D eigenvalue weighted by molar-refractivity contribution is 9.10. The second-order valence-corrected chi connectivity index (χ2v) is 9.22. The third-order valence-electron chi connectivity index (χ3n) is 5.88. The second-order valence-electron chi connectivity index (χ2n) is 7.93. The number of phenols is 1. The van der Waals surface area contributed by atoms with Gasteiger partial charge in [-0.25, -0.2) is 9.96 Å². The van der Waals surface area contributed by atoms with E-state index in [1.165, 1.54) is 0 Å². The summed E-state index contributed by atoms with van der Waals surface area (Å²) in [7, 11) is 0. The topological polar surface area (TPSA) is 79.3 Å². The highest BCUT2D eigenvalue weighted by Gasteiger charge is 2.60. The Labute approximate surface area is 209 Å². The summed E-state index contributed by atoms with van der Waals surface area (Å²) in [6.07, 6.45) is -1.01. The van der Waals surface area contributed by atoms with Gasteiger partial charge < -0.3 is 9.84 Å². The van der Waals surface area contributed by atoms with Crippen LogP contribution in [-0.4, -0.2) is 29.6 Å². The summed E-state index contributed by atoms with van der Waals surface area (Å²) in [4.78, 5) is 34.4. The monoisotopic (exact) mass is 542 g/mol. The van der Waals surface area contributed by atoms with E-state index in [4.69, 9.17) is 21.2 Å². The standard InChI is InChI=1S/C25H20BrClN2O5/c1-2-33-19-12-14(11-18(26)22(19)30)21-20-23(34-29(21)16-8-4-3-5-9-16)25(32)28(24(20)31)17-10-6-7-15(27)13-17/h3-13,20-21,23,30H,2H2,1H3/t20-,21-,23+/m1/s1. The van der Waals surface area contributed by atoms with Gasteiger partial charge in [0.05, 0.1) is 28.5 Å². The summed E-state index contributed by atoms with van der Waals surface area (Å²) in [5.74, 6) is -1.43. The molecule has 3 aromatic rings. The molecule has 9 heteroatoms. The van der Waals surface area contributed by atoms with Gasteiger partial charge >= 0.3 is 0 Å². The van der Waals surface area contributed by atoms with Crippen LogP contribution in [-0.2, 0) is 14.4 Å². The maximum atomic E-state index is 13.7. The zero-order valence-corrected chi connectivity index (χ0v) is 20.4. The van der Waals surface area contributed by atoms with Crippen LogP contribution in [0.1, 0.15) is 18.5 Å². The molecule has 2 heterocycles. The van der Waals surface area contributed by atoms with Crippen molar-refractivity contribution in [1.82, 2.24) is 0 Å². The van der Waals surface area contributed by atoms with E-state index in [9.17, 15) is 14.7 Å². The lowest BCUT2D eigenvalue weighted by Gasteiger charge is -2.29. The molecule has 0 aliphatic carbocycles. The molecular weight excluding hydrogens is 524 g/mol. The molecular formula is C25H20BrClN2O5. The van der Waals surface area contributed by atoms with Gasteiger partial charge in [0.1, 0.15) is 5.92 Å². The molecule has 7 nitrogen and oxygen atoms in total. The van der Waals surface area contributed by atoms with Crippen molar-refractivity contribution in [3.63, 3.8) is 0 Å². The van der Waals surface area contributed by atoms with Crippen molar-refractivity contribution in [2.45, 2.75) is 19.1 Å². The Morgan fingerprint density at radius 3 is 2.47 bits per heavy atom. The summed E-state index contributed by atoms with van der Waals surface area (Å²) in [6.45, 7) is 2.16. The number of hydroxylamine groups is 1. The number of imide groups is 1. The Kier molecular flexibility index (Phi) is 5.97. The smallest absolute Gasteiger partial charge is 0.266 e. The van der Waals surface area contributed by atoms with Crippen LogP contribution in [0.15, 0.2) is 71.2 Å². The minimum atomic E-state index is -1.01. The number of hydrogen-bond donors (Lipinski definition) is 1. The molecule has 34 heavy (non-hydrogen) atoms. The van der Waals surface area contributed by atoms with Gasteiger partial charge in [-0.15, -0.1) is 0 Å². The molecule has 0 bridgehead atoms. The molecule has 0 radical (unpaired) electrons. The van der Waals surface area contributed by atoms with E-state index in [0.29, 0.717) is 33.0 Å². The van der Waals surface area contributed by atoms with Gasteiger partial charge in [0.25, 0.3) is 5.91 Å². The van der Waals surface area contributed by atoms with Crippen molar-refractivity contribution in [2.24, 2.45) is 5.92 Å². The van der Waals surface area contributed by atoms with Crippen LogP contribution in [0, 0.1) is 5.92 Å². The van der Waals surface area contributed by atoms with Crippen molar-refractivity contribution in [3.8, 4) is 11.5 Å². The summed E-state index contributed by atoms with van der Waals surface area (Å²) < 4.78 is 6.02. The minimum Gasteiger partial charge on any atom is -0.503 e. The van der Waals surface area contributed by atoms with Crippen LogP contribution in [0.5, 0.6) is 11.5 Å². The van der Waals surface area contributed by atoms with Crippen LogP contribution in [0.4, 0.5) is 11.4 Å². The highest BCUT2D eigenvalue weighted by Crippen LogP contribution is 2.49. The van der Waals surface area contributed by atoms with Crippen LogP contribution < -0.4 is 14.7 Å². The number of benzene rings is 3. The number of amides is 2. The van der Waals surface area contributed by atoms with Crippen molar-refractivity contribution in [1.29, 1.82) is 0 Å². The number of aromatic hydroxyl groups is 1. The van der Waals surface area contributed by atoms with Gasteiger partial charge in [0, 0.05) is 5.02 Å². The first-order chi connectivity index (χ1) is 16.4. The summed E-state index contributed by atoms with van der Waals surface area (Å²) in [5.41, 5.74) is 1.74. The van der Waals surface area contributed by atoms with Crippen molar-refractivity contribution in [2.75, 3.05) is 16.6 Å². The fraction of sp³-hybridized carbons (Fsp3) is 0.200. The molecule has 2 fully saturated rings. The average Bonchev–Trinajstić information content (AvgIpc) is 3.33. The number of ether oxygens (including phenoxy) is 1. The number of nitrogens with zero attached hydrogens (tertiary/aromatic N) is 2. The Bertz CT molecular complexity index is 1270. The molecule has 3 atom stereocenters. The lowest BCUT2D eigenvalue weighted by molar-refractivity contribution is -0.126. The number of rotatable bonds is 5. The average molecular weight is 544 g/mol. The Morgan fingerprint density at radius 1 is 1.03 bits per heavy atom. The molecule has 1 N–H and O–H groups in total. The van der Waals surface area contributed by atoms with Gasteiger partial charge in [-0.2, -0.15) is 0 Å². The molecule has 2 aliphatic rings. The number of carbonyl (C=O) groups is 2. The first-order valence-electron chi connectivity index (χ1n) is 10.7. The van der Waals surface area contributed by atoms with Crippen molar-refractivity contribution in [3.05, 3.63) is 81.8 Å². The molecule has 0 saturated carbocycles. The Hall–Kier alpha value is -3.07. The number of phenolic OH excluding ortho intramolecular Hbond substituents is 1. The molecule has 2 saturated heterocycles. The van der Waals surface area contributed by atoms with Gasteiger partial charge in [-0.1, -0.05) is 35.9 Å². The third-order valence-corrected chi connectivity index (χ3v) is 6.72. The van der Waals surface area contributed by atoms with Crippen LogP contribution in [0.25, 0.3) is 0 Å². The second kappa shape index (κ2) is 8.94. The van der Waals surface area contributed by atoms with E-state index in [-0.39, 0.29) is 17.4 Å². The Morgan fingerprint density at radius 2 is 1.76 bits per heavy atom. The number of anilines is 2. The number of hydrogen-bond acceptors (Lipinski definition) is 6. The number of fused-ring (bicyclic) bond motifs is 1. The van der Waals surface area contributed by atoms with E-state index in [1.54, 1.807) is 41.5 Å². The summed E-state index contributed by atoms with van der Waals surface area (Å²) in [5, 5.41) is 12.4. The molecule has 3 aromatic carbocycles. The van der Waals surface area contributed by atoms with Crippen molar-refractivity contribution < 1.29 is 24.3 Å². The SMILES string of the molecule is CCOc1cc([C@@H]2[C@H]3C(=O)N(c4cccc(Cl)c4)C(=O)[C@H]3ON2c2ccccc2)cc(Br)c1O. The third kappa shape index (κ3) is 3.72. The molecule has 2 aliphatic heterocycles. The van der Waals surface area contributed by atoms with E-state index >= 15 is 0 Å². The first kappa shape index (κ1) is 22.7. The lowest BCUT2D eigenvalue weighted by atomic mass is 9.90. The maximum absolute atomic E-state index is 13.7. The van der Waals surface area contributed by atoms with Crippen molar-refractivity contribution >= 4 is 50.7 Å². The molecule has 0 unspecified atom stereocenters. The van der Waals surface area contributed by atoms with E-state index in [2.05, 4.69) is 15.9 Å². The van der Waals surface area contributed by atoms with Crippen LogP contribution in [0.2, 0.25) is 5.02 Å². The maximum Gasteiger partial charge on any atom is 0.266 e. The minimum absolute atomic E-state index is 0.0401. The molecule has 2 amide bonds. The van der Waals surface area contributed by atoms with Gasteiger partial charge in [0.2, 0.25) is 5.91 Å².